The molecule has 1 aliphatic rings. The molecule has 3 nitrogen and oxygen atoms in total. The largest absolute Gasteiger partial charge is 0.370 e. The van der Waals surface area contributed by atoms with E-state index in [1.807, 2.05) is 12.1 Å². The van der Waals surface area contributed by atoms with E-state index in [2.05, 4.69) is 32.0 Å². The van der Waals surface area contributed by atoms with Gasteiger partial charge in [-0.2, -0.15) is 0 Å². The molecule has 0 amide bonds. The van der Waals surface area contributed by atoms with Crippen molar-refractivity contribution in [1.29, 1.82) is 0 Å². The van der Waals surface area contributed by atoms with Crippen molar-refractivity contribution in [3.63, 3.8) is 0 Å². The molecule has 84 valence electrons. The third kappa shape index (κ3) is 1.87. The minimum absolute atomic E-state index is 0.153. The van der Waals surface area contributed by atoms with Gasteiger partial charge >= 0.3 is 0 Å². The summed E-state index contributed by atoms with van der Waals surface area (Å²) in [6, 6.07) is 6.07. The van der Waals surface area contributed by atoms with Crippen molar-refractivity contribution < 1.29 is 4.74 Å². The first-order chi connectivity index (χ1) is 7.83. The molecule has 3 rings (SSSR count). The highest BCUT2D eigenvalue weighted by molar-refractivity contribution is 9.10. The Morgan fingerprint density at radius 2 is 2.31 bits per heavy atom. The fourth-order valence-corrected chi connectivity index (χ4v) is 2.47. The van der Waals surface area contributed by atoms with E-state index in [0.29, 0.717) is 0 Å². The molecule has 1 unspecified atom stereocenters. The molecule has 1 aliphatic heterocycles. The molecule has 16 heavy (non-hydrogen) atoms. The van der Waals surface area contributed by atoms with Crippen molar-refractivity contribution in [3.05, 3.63) is 28.5 Å². The van der Waals surface area contributed by atoms with E-state index in [4.69, 9.17) is 4.74 Å². The lowest BCUT2D eigenvalue weighted by Crippen LogP contribution is -2.12. The Morgan fingerprint density at radius 1 is 1.38 bits per heavy atom. The Labute approximate surface area is 102 Å². The number of ether oxygens (including phenoxy) is 1. The molecule has 1 atom stereocenters. The molecule has 1 N–H and O–H groups in total. The highest BCUT2D eigenvalue weighted by Gasteiger charge is 2.19. The smallest absolute Gasteiger partial charge is 0.136 e. The monoisotopic (exact) mass is 280 g/mol. The summed E-state index contributed by atoms with van der Waals surface area (Å²) in [6.45, 7) is 0.853. The van der Waals surface area contributed by atoms with Gasteiger partial charge in [0.15, 0.2) is 0 Å². The molecule has 1 aromatic carbocycles. The van der Waals surface area contributed by atoms with Crippen LogP contribution in [0.25, 0.3) is 11.0 Å². The molecule has 2 heterocycles. The van der Waals surface area contributed by atoms with Gasteiger partial charge in [-0.3, -0.25) is 0 Å². The van der Waals surface area contributed by atoms with Gasteiger partial charge in [0.1, 0.15) is 11.9 Å². The van der Waals surface area contributed by atoms with Crippen LogP contribution in [0, 0.1) is 0 Å². The van der Waals surface area contributed by atoms with Gasteiger partial charge in [-0.1, -0.05) is 15.9 Å². The van der Waals surface area contributed by atoms with E-state index >= 15 is 0 Å². The molecule has 0 saturated carbocycles. The van der Waals surface area contributed by atoms with Crippen molar-refractivity contribution in [2.24, 2.45) is 0 Å². The minimum atomic E-state index is 0.153. The fraction of sp³-hybridized carbons (Fsp3) is 0.417. The van der Waals surface area contributed by atoms with Gasteiger partial charge < -0.3 is 9.72 Å². The summed E-state index contributed by atoms with van der Waals surface area (Å²) < 4.78 is 6.79. The third-order valence-corrected chi connectivity index (χ3v) is 3.44. The summed E-state index contributed by atoms with van der Waals surface area (Å²) in [5.74, 6) is 0.966. The summed E-state index contributed by atoms with van der Waals surface area (Å²) in [5.41, 5.74) is 2.07. The van der Waals surface area contributed by atoms with Crippen LogP contribution in [0.5, 0.6) is 0 Å². The maximum Gasteiger partial charge on any atom is 0.136 e. The molecule has 4 heteroatoms. The summed E-state index contributed by atoms with van der Waals surface area (Å²) in [4.78, 5) is 7.92. The lowest BCUT2D eigenvalue weighted by Gasteiger charge is -2.20. The van der Waals surface area contributed by atoms with Gasteiger partial charge in [0.05, 0.1) is 11.0 Å². The summed E-state index contributed by atoms with van der Waals surface area (Å²) in [7, 11) is 0. The first kappa shape index (κ1) is 10.3. The van der Waals surface area contributed by atoms with Crippen molar-refractivity contribution in [3.8, 4) is 0 Å². The maximum absolute atomic E-state index is 5.72. The average molecular weight is 281 g/mol. The maximum atomic E-state index is 5.72. The number of nitrogens with zero attached hydrogens (tertiary/aromatic N) is 1. The van der Waals surface area contributed by atoms with E-state index in [0.717, 1.165) is 34.4 Å². The van der Waals surface area contributed by atoms with E-state index < -0.39 is 0 Å². The van der Waals surface area contributed by atoms with E-state index in [1.165, 1.54) is 12.8 Å². The second-order valence-electron chi connectivity index (χ2n) is 4.14. The molecule has 0 aliphatic carbocycles. The molecule has 1 fully saturated rings. The lowest BCUT2D eigenvalue weighted by molar-refractivity contribution is 0.0101. The number of hydrogen-bond acceptors (Lipinski definition) is 2. The molecule has 0 bridgehead atoms. The van der Waals surface area contributed by atoms with Gasteiger partial charge in [0, 0.05) is 11.1 Å². The van der Waals surface area contributed by atoms with Crippen LogP contribution in [0.2, 0.25) is 0 Å². The van der Waals surface area contributed by atoms with Crippen LogP contribution in [0.3, 0.4) is 0 Å². The van der Waals surface area contributed by atoms with Crippen LogP contribution in [-0.2, 0) is 4.74 Å². The van der Waals surface area contributed by atoms with Crippen LogP contribution >= 0.6 is 15.9 Å². The predicted octanol–water partition coefficient (Wildman–Crippen LogP) is 3.57. The lowest BCUT2D eigenvalue weighted by atomic mass is 10.1. The minimum Gasteiger partial charge on any atom is -0.370 e. The number of benzene rings is 1. The number of nitrogens with one attached hydrogen (secondary N) is 1. The Hall–Kier alpha value is -0.870. The van der Waals surface area contributed by atoms with Crippen LogP contribution < -0.4 is 0 Å². The number of aromatic amines is 1. The van der Waals surface area contributed by atoms with Crippen LogP contribution in [0.15, 0.2) is 22.7 Å². The number of hydrogen-bond donors (Lipinski definition) is 1. The first-order valence-corrected chi connectivity index (χ1v) is 6.39. The summed E-state index contributed by atoms with van der Waals surface area (Å²) in [6.07, 6.45) is 3.62. The zero-order chi connectivity index (χ0) is 11.0. The molecular weight excluding hydrogens is 268 g/mol. The van der Waals surface area contributed by atoms with E-state index in [9.17, 15) is 0 Å². The van der Waals surface area contributed by atoms with Crippen molar-refractivity contribution in [2.45, 2.75) is 25.4 Å². The highest BCUT2D eigenvalue weighted by atomic mass is 79.9. The molecule has 2 aromatic rings. The van der Waals surface area contributed by atoms with Gasteiger partial charge in [-0.05, 0) is 37.5 Å². The summed E-state index contributed by atoms with van der Waals surface area (Å²) >= 11 is 3.46. The average Bonchev–Trinajstić information content (AvgIpc) is 2.73. The number of imidazole rings is 1. The SMILES string of the molecule is Brc1ccc2nc(C3CCCCO3)[nH]c2c1. The third-order valence-electron chi connectivity index (χ3n) is 2.95. The number of aromatic nitrogens is 2. The van der Waals surface area contributed by atoms with Crippen LogP contribution in [0.1, 0.15) is 31.2 Å². The van der Waals surface area contributed by atoms with Crippen molar-refractivity contribution in [2.75, 3.05) is 6.61 Å². The van der Waals surface area contributed by atoms with Gasteiger partial charge in [0.2, 0.25) is 0 Å². The Bertz CT molecular complexity index is 503. The normalized spacial score (nSPS) is 21.4. The van der Waals surface area contributed by atoms with Gasteiger partial charge in [-0.25, -0.2) is 4.98 Å². The number of halogens is 1. The molecule has 0 radical (unpaired) electrons. The van der Waals surface area contributed by atoms with Gasteiger partial charge in [0.25, 0.3) is 0 Å². The van der Waals surface area contributed by atoms with Crippen molar-refractivity contribution in [1.82, 2.24) is 9.97 Å². The quantitative estimate of drug-likeness (QED) is 0.867. The Kier molecular flexibility index (Phi) is 2.69. The topological polar surface area (TPSA) is 37.9 Å². The Morgan fingerprint density at radius 3 is 3.12 bits per heavy atom. The Balaban J connectivity index is 1.97. The van der Waals surface area contributed by atoms with E-state index in [-0.39, 0.29) is 6.10 Å². The molecular formula is C12H13BrN2O. The highest BCUT2D eigenvalue weighted by Crippen LogP contribution is 2.28. The zero-order valence-corrected chi connectivity index (χ0v) is 10.5. The number of fused-ring (bicyclic) bond motifs is 1. The first-order valence-electron chi connectivity index (χ1n) is 5.60. The van der Waals surface area contributed by atoms with Gasteiger partial charge in [-0.15, -0.1) is 0 Å². The standard InChI is InChI=1S/C12H13BrN2O/c13-8-4-5-9-10(7-8)15-12(14-9)11-3-1-2-6-16-11/h4-5,7,11H,1-3,6H2,(H,14,15). The van der Waals surface area contributed by atoms with Crippen molar-refractivity contribution >= 4 is 27.0 Å². The summed E-state index contributed by atoms with van der Waals surface area (Å²) in [5, 5.41) is 0. The molecule has 0 spiro atoms. The molecule has 1 aromatic heterocycles. The second kappa shape index (κ2) is 4.18. The number of rotatable bonds is 1. The number of H-pyrrole nitrogens is 1. The molecule has 1 saturated heterocycles. The second-order valence-corrected chi connectivity index (χ2v) is 5.05. The van der Waals surface area contributed by atoms with Crippen LogP contribution in [-0.4, -0.2) is 16.6 Å². The zero-order valence-electron chi connectivity index (χ0n) is 8.87. The van der Waals surface area contributed by atoms with E-state index in [1.54, 1.807) is 0 Å². The predicted molar refractivity (Wildman–Crippen MR) is 66.3 cm³/mol. The van der Waals surface area contributed by atoms with Crippen LogP contribution in [0.4, 0.5) is 0 Å². The fourth-order valence-electron chi connectivity index (χ4n) is 2.11.